The van der Waals surface area contributed by atoms with E-state index in [2.05, 4.69) is 74.6 Å². The van der Waals surface area contributed by atoms with Gasteiger partial charge < -0.3 is 14.6 Å². The van der Waals surface area contributed by atoms with Gasteiger partial charge in [-0.1, -0.05) is 101 Å². The molecule has 1 aromatic carbocycles. The first-order valence-corrected chi connectivity index (χ1v) is 12.6. The van der Waals surface area contributed by atoms with Gasteiger partial charge in [-0.25, -0.2) is 0 Å². The van der Waals surface area contributed by atoms with Crippen LogP contribution < -0.4 is 0 Å². The van der Waals surface area contributed by atoms with Crippen LogP contribution in [0, 0.1) is 24.2 Å². The zero-order valence-corrected chi connectivity index (χ0v) is 21.0. The van der Waals surface area contributed by atoms with E-state index in [1.165, 1.54) is 11.1 Å². The van der Waals surface area contributed by atoms with Gasteiger partial charge in [0.15, 0.2) is 0 Å². The van der Waals surface area contributed by atoms with Crippen molar-refractivity contribution in [2.24, 2.45) is 17.3 Å². The van der Waals surface area contributed by atoms with E-state index in [4.69, 9.17) is 9.47 Å². The van der Waals surface area contributed by atoms with Gasteiger partial charge in [0, 0.05) is 12.0 Å². The zero-order valence-electron chi connectivity index (χ0n) is 21.0. The number of rotatable bonds is 4. The van der Waals surface area contributed by atoms with Gasteiger partial charge in [-0.2, -0.15) is 0 Å². The lowest BCUT2D eigenvalue weighted by Gasteiger charge is -2.50. The van der Waals surface area contributed by atoms with E-state index >= 15 is 0 Å². The van der Waals surface area contributed by atoms with E-state index in [-0.39, 0.29) is 30.3 Å². The highest BCUT2D eigenvalue weighted by molar-refractivity contribution is 5.26. The molecule has 4 rings (SSSR count). The Hall–Kier alpha value is -1.68. The minimum Gasteiger partial charge on any atom is -0.396 e. The second kappa shape index (κ2) is 13.1. The lowest BCUT2D eigenvalue weighted by molar-refractivity contribution is -0.185. The van der Waals surface area contributed by atoms with E-state index in [1.54, 1.807) is 0 Å². The van der Waals surface area contributed by atoms with Crippen LogP contribution in [0.4, 0.5) is 0 Å². The van der Waals surface area contributed by atoms with E-state index in [0.29, 0.717) is 18.3 Å². The third kappa shape index (κ3) is 6.43. The van der Waals surface area contributed by atoms with Crippen molar-refractivity contribution >= 4 is 0 Å². The maximum atomic E-state index is 9.68. The third-order valence-electron chi connectivity index (χ3n) is 6.74. The Morgan fingerprint density at radius 1 is 0.938 bits per heavy atom. The quantitative estimate of drug-likeness (QED) is 0.549. The average Bonchev–Trinajstić information content (AvgIpc) is 3.07. The summed E-state index contributed by atoms with van der Waals surface area (Å²) in [4.78, 5) is 0. The highest BCUT2D eigenvalue weighted by Gasteiger charge is 2.46. The molecule has 0 spiro atoms. The lowest BCUT2D eigenvalue weighted by Crippen LogP contribution is -2.50. The Labute approximate surface area is 196 Å². The number of allylic oxidation sites excluding steroid dienone is 4. The molecule has 1 aromatic rings. The number of ether oxygens (including phenoxy) is 2. The van der Waals surface area contributed by atoms with Crippen molar-refractivity contribution in [2.75, 3.05) is 13.2 Å². The van der Waals surface area contributed by atoms with E-state index in [1.807, 2.05) is 27.7 Å². The number of hydrogen-bond donors (Lipinski definition) is 1. The van der Waals surface area contributed by atoms with Crippen LogP contribution in [0.15, 0.2) is 60.7 Å². The van der Waals surface area contributed by atoms with Crippen molar-refractivity contribution < 1.29 is 14.6 Å². The van der Waals surface area contributed by atoms with Crippen molar-refractivity contribution in [2.45, 2.75) is 79.1 Å². The van der Waals surface area contributed by atoms with Gasteiger partial charge in [0.25, 0.3) is 0 Å². The molecule has 32 heavy (non-hydrogen) atoms. The van der Waals surface area contributed by atoms with Crippen LogP contribution in [0.2, 0.25) is 0 Å². The Balaban J connectivity index is 0.000000860. The van der Waals surface area contributed by atoms with Crippen LogP contribution in [0.1, 0.15) is 71.1 Å². The molecular weight excluding hydrogens is 396 g/mol. The van der Waals surface area contributed by atoms with Crippen molar-refractivity contribution in [1.29, 1.82) is 0 Å². The monoisotopic (exact) mass is 440 g/mol. The smallest absolute Gasteiger partial charge is 0.0828 e. The number of fused-ring (bicyclic) bond motifs is 1. The standard InChI is InChI=1S/C25H32O3.2C2H6/c1-18-7-9-19(10-8-18)23-16-21-20(17-27-23)15-24(28-22(21)11-14-26)25(2)12-5-3-4-6-13-25;2*1-2/h3-10,12-13,20-24,26H,11,14-17H2,1-2H3;2*1-2H3. The fraction of sp³-hybridized carbons (Fsp3) is 0.586. The molecule has 3 aliphatic rings. The maximum Gasteiger partial charge on any atom is 0.0828 e. The molecule has 178 valence electrons. The third-order valence-corrected chi connectivity index (χ3v) is 6.74. The van der Waals surface area contributed by atoms with Crippen LogP contribution >= 0.6 is 0 Å². The minimum absolute atomic E-state index is 0.0837. The molecule has 2 aliphatic heterocycles. The second-order valence-corrected chi connectivity index (χ2v) is 8.77. The molecule has 3 nitrogen and oxygen atoms in total. The number of benzene rings is 1. The van der Waals surface area contributed by atoms with Crippen molar-refractivity contribution in [1.82, 2.24) is 0 Å². The predicted molar refractivity (Wildman–Crippen MR) is 135 cm³/mol. The zero-order chi connectivity index (χ0) is 23.6. The van der Waals surface area contributed by atoms with Crippen LogP contribution in [0.5, 0.6) is 0 Å². The average molecular weight is 441 g/mol. The lowest BCUT2D eigenvalue weighted by atomic mass is 9.70. The molecule has 0 radical (unpaired) electrons. The van der Waals surface area contributed by atoms with Crippen molar-refractivity contribution in [3.05, 3.63) is 71.8 Å². The molecule has 0 saturated carbocycles. The van der Waals surface area contributed by atoms with E-state index in [9.17, 15) is 5.11 Å². The first-order chi connectivity index (χ1) is 15.6. The minimum atomic E-state index is -0.129. The van der Waals surface area contributed by atoms with E-state index < -0.39 is 0 Å². The normalized spacial score (nSPS) is 30.2. The summed E-state index contributed by atoms with van der Waals surface area (Å²) in [5.41, 5.74) is 2.39. The Morgan fingerprint density at radius 3 is 2.16 bits per heavy atom. The van der Waals surface area contributed by atoms with Gasteiger partial charge in [-0.3, -0.25) is 0 Å². The summed E-state index contributed by atoms with van der Waals surface area (Å²) in [6.45, 7) is 13.3. The largest absolute Gasteiger partial charge is 0.396 e. The van der Waals surface area contributed by atoms with Gasteiger partial charge in [-0.15, -0.1) is 0 Å². The molecule has 3 heteroatoms. The second-order valence-electron chi connectivity index (χ2n) is 8.77. The van der Waals surface area contributed by atoms with Crippen LogP contribution in [0.25, 0.3) is 0 Å². The predicted octanol–water partition coefficient (Wildman–Crippen LogP) is 6.97. The molecular formula is C29H44O3. The molecule has 1 aliphatic carbocycles. The summed E-state index contributed by atoms with van der Waals surface area (Å²) < 4.78 is 13.0. The number of aryl methyl sites for hydroxylation is 1. The van der Waals surface area contributed by atoms with Crippen LogP contribution in [-0.4, -0.2) is 30.5 Å². The molecule has 2 heterocycles. The molecule has 5 unspecified atom stereocenters. The van der Waals surface area contributed by atoms with Gasteiger partial charge in [0.05, 0.1) is 24.9 Å². The number of aliphatic hydroxyl groups excluding tert-OH is 1. The van der Waals surface area contributed by atoms with Crippen molar-refractivity contribution in [3.8, 4) is 0 Å². The van der Waals surface area contributed by atoms with E-state index in [0.717, 1.165) is 19.4 Å². The first kappa shape index (κ1) is 26.6. The maximum absolute atomic E-state index is 9.68. The van der Waals surface area contributed by atoms with Gasteiger partial charge in [0.2, 0.25) is 0 Å². The summed E-state index contributed by atoms with van der Waals surface area (Å²) in [5, 5.41) is 9.68. The molecule has 0 amide bonds. The SMILES string of the molecule is CC.CC.Cc1ccc(C2CC3C(CO2)CC(C2(C)C=CC=CC=C2)OC3CCO)cc1. The van der Waals surface area contributed by atoms with Crippen LogP contribution in [0.3, 0.4) is 0 Å². The Morgan fingerprint density at radius 2 is 1.56 bits per heavy atom. The van der Waals surface area contributed by atoms with Gasteiger partial charge >= 0.3 is 0 Å². The molecule has 5 atom stereocenters. The summed E-state index contributed by atoms with van der Waals surface area (Å²) in [6.07, 6.45) is 15.8. The highest BCUT2D eigenvalue weighted by Crippen LogP contribution is 2.47. The number of hydrogen-bond acceptors (Lipinski definition) is 3. The van der Waals surface area contributed by atoms with Crippen molar-refractivity contribution in [3.63, 3.8) is 0 Å². The fourth-order valence-corrected chi connectivity index (χ4v) is 4.96. The molecule has 0 bridgehead atoms. The fourth-order valence-electron chi connectivity index (χ4n) is 4.96. The van der Waals surface area contributed by atoms with Crippen LogP contribution in [-0.2, 0) is 9.47 Å². The molecule has 0 aromatic heterocycles. The van der Waals surface area contributed by atoms with Gasteiger partial charge in [-0.05, 0) is 43.6 Å². The number of aliphatic hydroxyl groups is 1. The summed E-state index contributed by atoms with van der Waals surface area (Å²) in [7, 11) is 0. The first-order valence-electron chi connectivity index (χ1n) is 12.6. The summed E-state index contributed by atoms with van der Waals surface area (Å²) >= 11 is 0. The molecule has 1 N–H and O–H groups in total. The molecule has 2 fully saturated rings. The Kier molecular flexibility index (Phi) is 10.9. The summed E-state index contributed by atoms with van der Waals surface area (Å²) in [5.74, 6) is 0.913. The highest BCUT2D eigenvalue weighted by atomic mass is 16.5. The van der Waals surface area contributed by atoms with Gasteiger partial charge in [0.1, 0.15) is 0 Å². The Bertz CT molecular complexity index is 730. The summed E-state index contributed by atoms with van der Waals surface area (Å²) in [6, 6.07) is 8.68. The molecule has 2 saturated heterocycles. The topological polar surface area (TPSA) is 38.7 Å².